The summed E-state index contributed by atoms with van der Waals surface area (Å²) in [5.74, 6) is 1.10. The Labute approximate surface area is 53.0 Å². The van der Waals surface area contributed by atoms with Gasteiger partial charge in [-0.05, 0) is 0 Å². The van der Waals surface area contributed by atoms with Gasteiger partial charge in [0, 0.05) is 6.92 Å². The van der Waals surface area contributed by atoms with Gasteiger partial charge in [0.25, 0.3) is 0 Å². The van der Waals surface area contributed by atoms with Crippen molar-refractivity contribution < 1.29 is 9.47 Å². The van der Waals surface area contributed by atoms with Crippen molar-refractivity contribution in [2.75, 3.05) is 5.88 Å². The lowest BCUT2D eigenvalue weighted by Crippen LogP contribution is -2.00. The second kappa shape index (κ2) is 2.27. The predicted molar refractivity (Wildman–Crippen MR) is 30.4 cm³/mol. The Hall–Kier alpha value is -0.370. The number of hydrogen-bond donors (Lipinski definition) is 0. The molecule has 2 nitrogen and oxygen atoms in total. The normalized spacial score (nSPS) is 26.2. The molecular weight excluding hydrogens is 128 g/mol. The fourth-order valence-corrected chi connectivity index (χ4v) is 0.629. The fraction of sp³-hybridized carbons (Fsp3) is 0.600. The molecular formula is C5H7ClO2. The zero-order valence-corrected chi connectivity index (χ0v) is 5.31. The molecule has 1 aliphatic heterocycles. The van der Waals surface area contributed by atoms with E-state index in [4.69, 9.17) is 21.1 Å². The Kier molecular flexibility index (Phi) is 1.63. The topological polar surface area (TPSA) is 18.5 Å². The van der Waals surface area contributed by atoms with Gasteiger partial charge in [0.15, 0.2) is 0 Å². The van der Waals surface area contributed by atoms with Crippen LogP contribution in [0.2, 0.25) is 0 Å². The maximum atomic E-state index is 5.40. The van der Waals surface area contributed by atoms with Gasteiger partial charge >= 0.3 is 0 Å². The molecule has 46 valence electrons. The molecule has 0 spiro atoms. The lowest BCUT2D eigenvalue weighted by atomic mass is 10.6. The third-order valence-electron chi connectivity index (χ3n) is 0.840. The van der Waals surface area contributed by atoms with Gasteiger partial charge in [0.2, 0.25) is 6.29 Å². The van der Waals surface area contributed by atoms with E-state index < -0.39 is 0 Å². The molecule has 0 aromatic carbocycles. The van der Waals surface area contributed by atoms with E-state index in [-0.39, 0.29) is 6.29 Å². The van der Waals surface area contributed by atoms with E-state index >= 15 is 0 Å². The van der Waals surface area contributed by atoms with E-state index in [0.717, 1.165) is 0 Å². The van der Waals surface area contributed by atoms with Crippen LogP contribution in [0.25, 0.3) is 0 Å². The van der Waals surface area contributed by atoms with Gasteiger partial charge in [0.05, 0.1) is 5.88 Å². The van der Waals surface area contributed by atoms with Crippen molar-refractivity contribution >= 4 is 11.6 Å². The maximum Gasteiger partial charge on any atom is 0.237 e. The molecule has 0 amide bonds. The van der Waals surface area contributed by atoms with Gasteiger partial charge < -0.3 is 9.47 Å². The summed E-state index contributed by atoms with van der Waals surface area (Å²) in [6.07, 6.45) is 1.39. The van der Waals surface area contributed by atoms with E-state index in [0.29, 0.717) is 11.6 Å². The SMILES string of the molecule is CC1OC=C(CCl)O1. The minimum atomic E-state index is -0.149. The number of allylic oxidation sites excluding steroid dienone is 1. The van der Waals surface area contributed by atoms with Crippen molar-refractivity contribution in [3.05, 3.63) is 12.0 Å². The fourth-order valence-electron chi connectivity index (χ4n) is 0.503. The molecule has 0 aliphatic carbocycles. The molecule has 0 saturated carbocycles. The van der Waals surface area contributed by atoms with Crippen molar-refractivity contribution in [2.45, 2.75) is 13.2 Å². The molecule has 1 unspecified atom stereocenters. The first-order valence-corrected chi connectivity index (χ1v) is 2.93. The molecule has 1 heterocycles. The summed E-state index contributed by atoms with van der Waals surface area (Å²) in [4.78, 5) is 0. The summed E-state index contributed by atoms with van der Waals surface area (Å²) in [7, 11) is 0. The predicted octanol–water partition coefficient (Wildman–Crippen LogP) is 1.46. The van der Waals surface area contributed by atoms with Crippen LogP contribution in [0.1, 0.15) is 6.92 Å². The Morgan fingerprint density at radius 1 is 1.88 bits per heavy atom. The summed E-state index contributed by atoms with van der Waals surface area (Å²) in [6.45, 7) is 1.82. The van der Waals surface area contributed by atoms with Gasteiger partial charge in [-0.15, -0.1) is 11.6 Å². The monoisotopic (exact) mass is 134 g/mol. The summed E-state index contributed by atoms with van der Waals surface area (Å²) in [6, 6.07) is 0. The van der Waals surface area contributed by atoms with E-state index in [2.05, 4.69) is 0 Å². The van der Waals surface area contributed by atoms with Gasteiger partial charge in [-0.25, -0.2) is 0 Å². The molecule has 0 radical (unpaired) electrons. The Bertz CT molecular complexity index is 111. The number of hydrogen-bond acceptors (Lipinski definition) is 2. The van der Waals surface area contributed by atoms with Crippen molar-refractivity contribution in [1.82, 2.24) is 0 Å². The molecule has 0 bridgehead atoms. The highest BCUT2D eigenvalue weighted by Crippen LogP contribution is 2.13. The molecule has 1 aliphatic rings. The zero-order valence-electron chi connectivity index (χ0n) is 4.56. The van der Waals surface area contributed by atoms with Gasteiger partial charge in [-0.2, -0.15) is 0 Å². The Morgan fingerprint density at radius 2 is 2.62 bits per heavy atom. The van der Waals surface area contributed by atoms with Crippen LogP contribution in [-0.4, -0.2) is 12.2 Å². The van der Waals surface area contributed by atoms with Crippen LogP contribution in [0.15, 0.2) is 12.0 Å². The standard InChI is InChI=1S/C5H7ClO2/c1-4-7-3-5(2-6)8-4/h3-4H,2H2,1H3. The van der Waals surface area contributed by atoms with E-state index in [1.54, 1.807) is 0 Å². The molecule has 0 saturated heterocycles. The lowest BCUT2D eigenvalue weighted by Gasteiger charge is -2.02. The first-order valence-electron chi connectivity index (χ1n) is 2.40. The zero-order chi connectivity index (χ0) is 5.98. The quantitative estimate of drug-likeness (QED) is 0.506. The highest BCUT2D eigenvalue weighted by molar-refractivity contribution is 6.19. The van der Waals surface area contributed by atoms with Gasteiger partial charge in [-0.1, -0.05) is 0 Å². The molecule has 1 rings (SSSR count). The second-order valence-electron chi connectivity index (χ2n) is 1.54. The van der Waals surface area contributed by atoms with Crippen molar-refractivity contribution in [2.24, 2.45) is 0 Å². The minimum absolute atomic E-state index is 0.149. The van der Waals surface area contributed by atoms with Crippen LogP contribution in [0.5, 0.6) is 0 Å². The van der Waals surface area contributed by atoms with E-state index in [9.17, 15) is 0 Å². The molecule has 0 aromatic rings. The van der Waals surface area contributed by atoms with Gasteiger partial charge in [0.1, 0.15) is 12.0 Å². The van der Waals surface area contributed by atoms with Crippen LogP contribution in [0.4, 0.5) is 0 Å². The summed E-state index contributed by atoms with van der Waals surface area (Å²) < 4.78 is 9.90. The third-order valence-corrected chi connectivity index (χ3v) is 1.10. The molecule has 0 aromatic heterocycles. The van der Waals surface area contributed by atoms with Crippen molar-refractivity contribution in [3.63, 3.8) is 0 Å². The van der Waals surface area contributed by atoms with Crippen LogP contribution in [0, 0.1) is 0 Å². The first kappa shape index (κ1) is 5.76. The third kappa shape index (κ3) is 1.07. The summed E-state index contributed by atoms with van der Waals surface area (Å²) >= 11 is 5.40. The average Bonchev–Trinajstić information content (AvgIpc) is 2.14. The molecule has 0 fully saturated rings. The Balaban J connectivity index is 2.37. The van der Waals surface area contributed by atoms with Crippen LogP contribution in [0.3, 0.4) is 0 Å². The van der Waals surface area contributed by atoms with Crippen molar-refractivity contribution in [1.29, 1.82) is 0 Å². The van der Waals surface area contributed by atoms with Crippen molar-refractivity contribution in [3.8, 4) is 0 Å². The molecule has 0 N–H and O–H groups in total. The maximum absolute atomic E-state index is 5.40. The highest BCUT2D eigenvalue weighted by atomic mass is 35.5. The van der Waals surface area contributed by atoms with E-state index in [1.165, 1.54) is 6.26 Å². The summed E-state index contributed by atoms with van der Waals surface area (Å²) in [5, 5.41) is 0. The smallest absolute Gasteiger partial charge is 0.237 e. The molecule has 8 heavy (non-hydrogen) atoms. The van der Waals surface area contributed by atoms with E-state index in [1.807, 2.05) is 6.92 Å². The Morgan fingerprint density at radius 3 is 2.88 bits per heavy atom. The van der Waals surface area contributed by atoms with Crippen LogP contribution >= 0.6 is 11.6 Å². The summed E-state index contributed by atoms with van der Waals surface area (Å²) in [5.41, 5.74) is 0. The van der Waals surface area contributed by atoms with Gasteiger partial charge in [-0.3, -0.25) is 0 Å². The first-order chi connectivity index (χ1) is 3.83. The largest absolute Gasteiger partial charge is 0.459 e. The number of alkyl halides is 1. The number of ether oxygens (including phenoxy) is 2. The second-order valence-corrected chi connectivity index (χ2v) is 1.81. The van der Waals surface area contributed by atoms with Crippen LogP contribution in [-0.2, 0) is 9.47 Å². The number of rotatable bonds is 1. The number of halogens is 1. The molecule has 3 heteroatoms. The average molecular weight is 135 g/mol. The molecule has 1 atom stereocenters. The van der Waals surface area contributed by atoms with Crippen LogP contribution < -0.4 is 0 Å². The minimum Gasteiger partial charge on any atom is -0.459 e. The lowest BCUT2D eigenvalue weighted by molar-refractivity contribution is -0.0141. The highest BCUT2D eigenvalue weighted by Gasteiger charge is 2.11.